The van der Waals surface area contributed by atoms with E-state index in [1.54, 1.807) is 0 Å². The molecular weight excluding hydrogens is 641 g/mol. The van der Waals surface area contributed by atoms with Crippen molar-refractivity contribution in [3.8, 4) is 0 Å². The van der Waals surface area contributed by atoms with Crippen LogP contribution in [0.3, 0.4) is 0 Å². The Bertz CT molecular complexity index is 732. The highest BCUT2D eigenvalue weighted by Gasteiger charge is 2.13. The monoisotopic (exact) mass is 733 g/mol. The van der Waals surface area contributed by atoms with Gasteiger partial charge in [0.15, 0.2) is 0 Å². The van der Waals surface area contributed by atoms with Gasteiger partial charge in [0.25, 0.3) is 0 Å². The Morgan fingerprint density at radius 2 is 0.808 bits per heavy atom. The molecular formula is C48H92O4. The van der Waals surface area contributed by atoms with E-state index in [2.05, 4.69) is 38.2 Å². The van der Waals surface area contributed by atoms with Crippen LogP contribution < -0.4 is 0 Å². The second-order valence-electron chi connectivity index (χ2n) is 15.8. The maximum absolute atomic E-state index is 12.2. The zero-order chi connectivity index (χ0) is 37.7. The van der Waals surface area contributed by atoms with Gasteiger partial charge in [0, 0.05) is 13.0 Å². The molecule has 0 saturated carbocycles. The average Bonchev–Trinajstić information content (AvgIpc) is 3.15. The number of hydrogen-bond acceptors (Lipinski definition) is 4. The molecule has 0 aromatic heterocycles. The van der Waals surface area contributed by atoms with E-state index in [1.807, 2.05) is 0 Å². The summed E-state index contributed by atoms with van der Waals surface area (Å²) in [6, 6.07) is 0. The van der Waals surface area contributed by atoms with Gasteiger partial charge in [-0.15, -0.1) is 0 Å². The number of ether oxygens (including phenoxy) is 2. The standard InChI is InChI=1S/C48H92O4/c1-3-5-7-9-11-13-15-17-19-21-22-23-24-25-26-27-28-29-31-33-35-37-39-41-43-48(50)52-47(45-49)46-51-44-42-40-38-36-34-32-30-20-18-16-14-12-10-8-6-4-2/h12,14,18,20,47,49H,3-11,13,15-17,19,21-46H2,1-2H3/b14-12-,20-18-. The zero-order valence-electron chi connectivity index (χ0n) is 35.3. The van der Waals surface area contributed by atoms with E-state index in [0.29, 0.717) is 19.6 Å². The van der Waals surface area contributed by atoms with Crippen LogP contribution in [0.15, 0.2) is 24.3 Å². The molecule has 4 heteroatoms. The lowest BCUT2D eigenvalue weighted by molar-refractivity contribution is -0.154. The molecule has 0 spiro atoms. The van der Waals surface area contributed by atoms with E-state index < -0.39 is 6.10 Å². The van der Waals surface area contributed by atoms with E-state index in [1.165, 1.54) is 205 Å². The highest BCUT2D eigenvalue weighted by Crippen LogP contribution is 2.16. The average molecular weight is 733 g/mol. The third kappa shape index (κ3) is 43.3. The molecule has 0 aromatic rings. The number of aliphatic hydroxyl groups excluding tert-OH is 1. The van der Waals surface area contributed by atoms with Gasteiger partial charge in [0.05, 0.1) is 13.2 Å². The molecule has 1 unspecified atom stereocenters. The first-order valence-electron chi connectivity index (χ1n) is 23.4. The van der Waals surface area contributed by atoms with Crippen molar-refractivity contribution in [2.75, 3.05) is 19.8 Å². The minimum absolute atomic E-state index is 0.172. The van der Waals surface area contributed by atoms with Gasteiger partial charge in [-0.2, -0.15) is 0 Å². The topological polar surface area (TPSA) is 55.8 Å². The van der Waals surface area contributed by atoms with Crippen LogP contribution in [0.25, 0.3) is 0 Å². The third-order valence-electron chi connectivity index (χ3n) is 10.5. The quantitative estimate of drug-likeness (QED) is 0.0385. The Labute approximate surface area is 326 Å². The molecule has 52 heavy (non-hydrogen) atoms. The second-order valence-corrected chi connectivity index (χ2v) is 15.8. The summed E-state index contributed by atoms with van der Waals surface area (Å²) in [5.74, 6) is -0.199. The third-order valence-corrected chi connectivity index (χ3v) is 10.5. The van der Waals surface area contributed by atoms with Gasteiger partial charge in [-0.1, -0.05) is 224 Å². The van der Waals surface area contributed by atoms with Crippen LogP contribution in [0.1, 0.15) is 251 Å². The maximum atomic E-state index is 12.2. The summed E-state index contributed by atoms with van der Waals surface area (Å²) >= 11 is 0. The fourth-order valence-electron chi connectivity index (χ4n) is 7.01. The lowest BCUT2D eigenvalue weighted by Gasteiger charge is -2.15. The SMILES string of the molecule is CCCCC/C=C\C/C=C\CCCCCCCCOCC(CO)OC(=O)CCCCCCCCCCCCCCCCCCCCCCCCCC. The largest absolute Gasteiger partial charge is 0.457 e. The Kier molecular flexibility index (Phi) is 45.0. The second kappa shape index (κ2) is 46.0. The van der Waals surface area contributed by atoms with Crippen LogP contribution in [0.2, 0.25) is 0 Å². The molecule has 0 heterocycles. The molecule has 0 rings (SSSR count). The van der Waals surface area contributed by atoms with Gasteiger partial charge in [0.2, 0.25) is 0 Å². The molecule has 1 atom stereocenters. The molecule has 0 aliphatic carbocycles. The Morgan fingerprint density at radius 1 is 0.462 bits per heavy atom. The molecule has 308 valence electrons. The number of carbonyl (C=O) groups excluding carboxylic acids is 1. The molecule has 4 nitrogen and oxygen atoms in total. The van der Waals surface area contributed by atoms with Crippen molar-refractivity contribution in [3.05, 3.63) is 24.3 Å². The fourth-order valence-corrected chi connectivity index (χ4v) is 7.01. The Hall–Kier alpha value is -1.13. The molecule has 0 bridgehead atoms. The first-order valence-corrected chi connectivity index (χ1v) is 23.4. The summed E-state index contributed by atoms with van der Waals surface area (Å²) in [6.45, 7) is 5.34. The minimum Gasteiger partial charge on any atom is -0.457 e. The number of aliphatic hydroxyl groups is 1. The highest BCUT2D eigenvalue weighted by molar-refractivity contribution is 5.69. The predicted octanol–water partition coefficient (Wildman–Crippen LogP) is 15.5. The van der Waals surface area contributed by atoms with E-state index in [0.717, 1.165) is 25.7 Å². The smallest absolute Gasteiger partial charge is 0.306 e. The van der Waals surface area contributed by atoms with Crippen molar-refractivity contribution < 1.29 is 19.4 Å². The van der Waals surface area contributed by atoms with Gasteiger partial charge in [-0.05, 0) is 44.9 Å². The van der Waals surface area contributed by atoms with Gasteiger partial charge >= 0.3 is 5.97 Å². The first kappa shape index (κ1) is 50.9. The molecule has 0 aromatic carbocycles. The number of hydrogen-bond donors (Lipinski definition) is 1. The fraction of sp³-hybridized carbons (Fsp3) is 0.896. The van der Waals surface area contributed by atoms with E-state index in [4.69, 9.17) is 9.47 Å². The number of esters is 1. The van der Waals surface area contributed by atoms with Crippen molar-refractivity contribution in [2.45, 2.75) is 258 Å². The summed E-state index contributed by atoms with van der Waals surface area (Å²) < 4.78 is 11.2. The summed E-state index contributed by atoms with van der Waals surface area (Å²) in [5, 5.41) is 9.61. The first-order chi connectivity index (χ1) is 25.7. The summed E-state index contributed by atoms with van der Waals surface area (Å²) in [4.78, 5) is 12.2. The van der Waals surface area contributed by atoms with Crippen molar-refractivity contribution in [2.24, 2.45) is 0 Å². The lowest BCUT2D eigenvalue weighted by atomic mass is 10.0. The minimum atomic E-state index is -0.536. The van der Waals surface area contributed by atoms with Crippen LogP contribution in [-0.4, -0.2) is 37.0 Å². The summed E-state index contributed by atoms with van der Waals surface area (Å²) in [7, 11) is 0. The van der Waals surface area contributed by atoms with Crippen LogP contribution in [-0.2, 0) is 14.3 Å². The summed E-state index contributed by atoms with van der Waals surface area (Å²) in [6.07, 6.45) is 56.8. The van der Waals surface area contributed by atoms with Crippen molar-refractivity contribution in [3.63, 3.8) is 0 Å². The van der Waals surface area contributed by atoms with Crippen molar-refractivity contribution >= 4 is 5.97 Å². The number of rotatable bonds is 44. The van der Waals surface area contributed by atoms with Gasteiger partial charge < -0.3 is 14.6 Å². The molecule has 0 amide bonds. The van der Waals surface area contributed by atoms with Crippen LogP contribution in [0, 0.1) is 0 Å². The molecule has 0 fully saturated rings. The summed E-state index contributed by atoms with van der Waals surface area (Å²) in [5.41, 5.74) is 0. The van der Waals surface area contributed by atoms with Crippen molar-refractivity contribution in [1.82, 2.24) is 0 Å². The van der Waals surface area contributed by atoms with E-state index in [9.17, 15) is 9.90 Å². The normalized spacial score (nSPS) is 12.4. The number of unbranched alkanes of at least 4 members (excludes halogenated alkanes) is 32. The van der Waals surface area contributed by atoms with Gasteiger partial charge in [-0.25, -0.2) is 0 Å². The van der Waals surface area contributed by atoms with E-state index in [-0.39, 0.29) is 12.6 Å². The Morgan fingerprint density at radius 3 is 1.23 bits per heavy atom. The van der Waals surface area contributed by atoms with E-state index >= 15 is 0 Å². The zero-order valence-corrected chi connectivity index (χ0v) is 35.3. The molecule has 0 saturated heterocycles. The van der Waals surface area contributed by atoms with Crippen molar-refractivity contribution in [1.29, 1.82) is 0 Å². The van der Waals surface area contributed by atoms with Gasteiger partial charge in [0.1, 0.15) is 6.10 Å². The molecule has 0 aliphatic rings. The number of allylic oxidation sites excluding steroid dienone is 4. The van der Waals surface area contributed by atoms with Crippen LogP contribution in [0.4, 0.5) is 0 Å². The molecule has 1 N–H and O–H groups in total. The lowest BCUT2D eigenvalue weighted by Crippen LogP contribution is -2.27. The highest BCUT2D eigenvalue weighted by atomic mass is 16.6. The Balaban J connectivity index is 3.37. The van der Waals surface area contributed by atoms with Crippen LogP contribution >= 0.6 is 0 Å². The van der Waals surface area contributed by atoms with Crippen LogP contribution in [0.5, 0.6) is 0 Å². The van der Waals surface area contributed by atoms with Gasteiger partial charge in [-0.3, -0.25) is 4.79 Å². The number of carbonyl (C=O) groups is 1. The maximum Gasteiger partial charge on any atom is 0.306 e. The predicted molar refractivity (Wildman–Crippen MR) is 228 cm³/mol. The molecule has 0 radical (unpaired) electrons. The molecule has 0 aliphatic heterocycles.